The van der Waals surface area contributed by atoms with Crippen LogP contribution in [0.25, 0.3) is 0 Å². The third-order valence-corrected chi connectivity index (χ3v) is 5.72. The maximum atomic E-state index is 10.6. The lowest BCUT2D eigenvalue weighted by atomic mass is 9.97. The van der Waals surface area contributed by atoms with Crippen LogP contribution in [0.2, 0.25) is 0 Å². The van der Waals surface area contributed by atoms with Gasteiger partial charge < -0.3 is 80.2 Å². The molecule has 0 unspecified atom stereocenters. The molecular formula is C18H34O16. The van der Waals surface area contributed by atoms with E-state index in [9.17, 15) is 56.2 Å². The Kier molecular flexibility index (Phi) is 11.4. The Morgan fingerprint density at radius 2 is 1.15 bits per heavy atom. The van der Waals surface area contributed by atoms with E-state index in [4.69, 9.17) is 24.1 Å². The lowest BCUT2D eigenvalue weighted by molar-refractivity contribution is -0.361. The Balaban J connectivity index is 2.08. The highest BCUT2D eigenvalue weighted by molar-refractivity contribution is 4.94. The van der Waals surface area contributed by atoms with Gasteiger partial charge in [0.25, 0.3) is 0 Å². The molecule has 2 heterocycles. The van der Waals surface area contributed by atoms with E-state index in [1.807, 2.05) is 0 Å². The largest absolute Gasteiger partial charge is 0.394 e. The zero-order valence-electron chi connectivity index (χ0n) is 17.9. The maximum absolute atomic E-state index is 10.6. The van der Waals surface area contributed by atoms with Crippen molar-refractivity contribution in [3.63, 3.8) is 0 Å². The SMILES string of the molecule is OC[C@@H](O)[C@@H](O)[C@H](O)[C@H](O)CO[C@@H]1O[C@H](CO)[C@H](O)[C@H](O[C@@H]2O[C@H](CO)[C@H](O)[C@H](O)[C@H]2O)[C@H]1O. The first-order chi connectivity index (χ1) is 16.0. The molecule has 0 spiro atoms. The molecule has 16 nitrogen and oxygen atoms in total. The molecule has 0 aromatic carbocycles. The molecule has 34 heavy (non-hydrogen) atoms. The molecule has 0 amide bonds. The van der Waals surface area contributed by atoms with E-state index in [2.05, 4.69) is 0 Å². The molecule has 0 bridgehead atoms. The van der Waals surface area contributed by atoms with Gasteiger partial charge in [0.1, 0.15) is 73.2 Å². The second-order valence-electron chi connectivity index (χ2n) is 8.14. The molecule has 2 aliphatic heterocycles. The Hall–Kier alpha value is -0.640. The molecule has 0 aromatic heterocycles. The van der Waals surface area contributed by atoms with Crippen molar-refractivity contribution in [3.05, 3.63) is 0 Å². The normalized spacial score (nSPS) is 42.7. The van der Waals surface area contributed by atoms with Crippen molar-refractivity contribution in [2.24, 2.45) is 0 Å². The van der Waals surface area contributed by atoms with Crippen LogP contribution in [0.1, 0.15) is 0 Å². The molecule has 12 N–H and O–H groups in total. The van der Waals surface area contributed by atoms with Crippen LogP contribution in [0.15, 0.2) is 0 Å². The van der Waals surface area contributed by atoms with Gasteiger partial charge in [-0.15, -0.1) is 0 Å². The van der Waals surface area contributed by atoms with E-state index >= 15 is 0 Å². The minimum atomic E-state index is -1.97. The van der Waals surface area contributed by atoms with Gasteiger partial charge in [-0.3, -0.25) is 0 Å². The first kappa shape index (κ1) is 29.6. The lowest BCUT2D eigenvalue weighted by Crippen LogP contribution is -2.65. The van der Waals surface area contributed by atoms with Crippen molar-refractivity contribution in [2.45, 2.75) is 85.8 Å². The van der Waals surface area contributed by atoms with Crippen LogP contribution in [0, 0.1) is 0 Å². The van der Waals surface area contributed by atoms with E-state index in [1.165, 1.54) is 0 Å². The monoisotopic (exact) mass is 506 g/mol. The van der Waals surface area contributed by atoms with Gasteiger partial charge in [-0.25, -0.2) is 0 Å². The number of ether oxygens (including phenoxy) is 4. The summed E-state index contributed by atoms with van der Waals surface area (Å²) >= 11 is 0. The molecule has 0 aromatic rings. The van der Waals surface area contributed by atoms with Crippen LogP contribution in [-0.2, 0) is 18.9 Å². The first-order valence-electron chi connectivity index (χ1n) is 10.5. The maximum Gasteiger partial charge on any atom is 0.187 e. The number of hydrogen-bond acceptors (Lipinski definition) is 16. The van der Waals surface area contributed by atoms with Gasteiger partial charge in [-0.1, -0.05) is 0 Å². The van der Waals surface area contributed by atoms with Crippen LogP contribution in [0.3, 0.4) is 0 Å². The molecule has 14 atom stereocenters. The molecule has 2 fully saturated rings. The summed E-state index contributed by atoms with van der Waals surface area (Å²) in [6.07, 6.45) is -24.3. The summed E-state index contributed by atoms with van der Waals surface area (Å²) in [4.78, 5) is 0. The minimum Gasteiger partial charge on any atom is -0.394 e. The predicted molar refractivity (Wildman–Crippen MR) is 103 cm³/mol. The van der Waals surface area contributed by atoms with Crippen molar-refractivity contribution < 1.29 is 80.2 Å². The van der Waals surface area contributed by atoms with Crippen molar-refractivity contribution >= 4 is 0 Å². The standard InChI is InChI=1S/C18H34O16/c19-1-5(22)9(24)10(25)6(23)4-31-17-15(30)16(12(27)8(3-21)32-17)34-18-14(29)13(28)11(26)7(2-20)33-18/h5-30H,1-4H2/t5-,6-,7-,8-,9-,10-,11+,12+,13+,14-,15-,16+,17-,18+/m1/s1. The second kappa shape index (κ2) is 13.1. The van der Waals surface area contributed by atoms with Crippen LogP contribution in [-0.4, -0.2) is 174 Å². The fraction of sp³-hybridized carbons (Fsp3) is 1.00. The molecule has 2 rings (SSSR count). The van der Waals surface area contributed by atoms with Gasteiger partial charge in [0, 0.05) is 0 Å². The zero-order chi connectivity index (χ0) is 25.7. The Bertz CT molecular complexity index is 596. The summed E-state index contributed by atoms with van der Waals surface area (Å²) in [6, 6.07) is 0. The van der Waals surface area contributed by atoms with Gasteiger partial charge in [0.15, 0.2) is 12.6 Å². The molecule has 2 aliphatic rings. The minimum absolute atomic E-state index is 0.758. The topological polar surface area (TPSA) is 280 Å². The van der Waals surface area contributed by atoms with Crippen molar-refractivity contribution in [3.8, 4) is 0 Å². The average molecular weight is 506 g/mol. The van der Waals surface area contributed by atoms with Gasteiger partial charge in [-0.05, 0) is 0 Å². The van der Waals surface area contributed by atoms with Crippen molar-refractivity contribution in [1.29, 1.82) is 0 Å². The summed E-state index contributed by atoms with van der Waals surface area (Å²) in [5.74, 6) is 0. The quantitative estimate of drug-likeness (QED) is 0.124. The second-order valence-corrected chi connectivity index (χ2v) is 8.14. The highest BCUT2D eigenvalue weighted by Crippen LogP contribution is 2.29. The van der Waals surface area contributed by atoms with E-state index in [0.29, 0.717) is 0 Å². The highest BCUT2D eigenvalue weighted by atomic mass is 16.7. The van der Waals surface area contributed by atoms with E-state index in [0.717, 1.165) is 0 Å². The molecule has 0 radical (unpaired) electrons. The van der Waals surface area contributed by atoms with Crippen LogP contribution in [0.4, 0.5) is 0 Å². The Labute approximate surface area is 193 Å². The van der Waals surface area contributed by atoms with Gasteiger partial charge in [0.2, 0.25) is 0 Å². The summed E-state index contributed by atoms with van der Waals surface area (Å²) < 4.78 is 21.0. The highest BCUT2D eigenvalue weighted by Gasteiger charge is 2.51. The molecule has 0 aliphatic carbocycles. The zero-order valence-corrected chi connectivity index (χ0v) is 17.9. The molecule has 16 heteroatoms. The summed E-state index contributed by atoms with van der Waals surface area (Å²) in [7, 11) is 0. The lowest BCUT2D eigenvalue weighted by Gasteiger charge is -2.46. The molecule has 2 saturated heterocycles. The van der Waals surface area contributed by atoms with Gasteiger partial charge >= 0.3 is 0 Å². The third kappa shape index (κ3) is 6.56. The van der Waals surface area contributed by atoms with Crippen molar-refractivity contribution in [2.75, 3.05) is 26.4 Å². The number of aliphatic hydroxyl groups is 12. The van der Waals surface area contributed by atoms with Gasteiger partial charge in [-0.2, -0.15) is 0 Å². The average Bonchev–Trinajstić information content (AvgIpc) is 2.84. The van der Waals surface area contributed by atoms with Crippen LogP contribution < -0.4 is 0 Å². The van der Waals surface area contributed by atoms with Crippen molar-refractivity contribution in [1.82, 2.24) is 0 Å². The number of aliphatic hydroxyl groups excluding tert-OH is 12. The smallest absolute Gasteiger partial charge is 0.187 e. The Morgan fingerprint density at radius 1 is 0.618 bits per heavy atom. The predicted octanol–water partition coefficient (Wildman–Crippen LogP) is -7.94. The van der Waals surface area contributed by atoms with E-state index in [1.54, 1.807) is 0 Å². The molecule has 202 valence electrons. The van der Waals surface area contributed by atoms with Crippen LogP contribution in [0.5, 0.6) is 0 Å². The Morgan fingerprint density at radius 3 is 1.71 bits per heavy atom. The fourth-order valence-electron chi connectivity index (χ4n) is 3.54. The summed E-state index contributed by atoms with van der Waals surface area (Å²) in [5.41, 5.74) is 0. The van der Waals surface area contributed by atoms with Gasteiger partial charge in [0.05, 0.1) is 26.4 Å². The summed E-state index contributed by atoms with van der Waals surface area (Å²) in [5, 5.41) is 117. The summed E-state index contributed by atoms with van der Waals surface area (Å²) in [6.45, 7) is -3.25. The van der Waals surface area contributed by atoms with E-state index in [-0.39, 0.29) is 0 Å². The number of hydrogen-bond donors (Lipinski definition) is 12. The molecule has 0 saturated carbocycles. The van der Waals surface area contributed by atoms with E-state index < -0.39 is 112 Å². The van der Waals surface area contributed by atoms with Crippen LogP contribution >= 0.6 is 0 Å². The molecular weight excluding hydrogens is 472 g/mol. The number of rotatable bonds is 11. The first-order valence-corrected chi connectivity index (χ1v) is 10.5. The third-order valence-electron chi connectivity index (χ3n) is 5.72. The fourth-order valence-corrected chi connectivity index (χ4v) is 3.54.